The Hall–Kier alpha value is -0.780. The van der Waals surface area contributed by atoms with Crippen LogP contribution in [0.15, 0.2) is 18.7 Å². The third kappa shape index (κ3) is 8.86. The Morgan fingerprint density at radius 1 is 1.42 bits per heavy atom. The molecule has 0 saturated heterocycles. The van der Waals surface area contributed by atoms with E-state index in [9.17, 15) is 4.79 Å². The van der Waals surface area contributed by atoms with Gasteiger partial charge in [0.15, 0.2) is 0 Å². The fourth-order valence-corrected chi connectivity index (χ4v) is 1.64. The van der Waals surface area contributed by atoms with Crippen LogP contribution in [0.25, 0.3) is 0 Å². The Bertz CT molecular complexity index is 330. The quantitative estimate of drug-likeness (QED) is 0.751. The first-order valence-electron chi connectivity index (χ1n) is 6.08. The van der Waals surface area contributed by atoms with Crippen LogP contribution >= 0.6 is 24.8 Å². The van der Waals surface area contributed by atoms with Gasteiger partial charge >= 0.3 is 0 Å². The predicted molar refractivity (Wildman–Crippen MR) is 81.8 cm³/mol. The average Bonchev–Trinajstić information content (AvgIpc) is 2.75. The molecule has 0 radical (unpaired) electrons. The molecule has 0 saturated carbocycles. The van der Waals surface area contributed by atoms with Gasteiger partial charge in [-0.25, -0.2) is 4.98 Å². The van der Waals surface area contributed by atoms with Crippen LogP contribution in [0.3, 0.4) is 0 Å². The molecule has 1 atom stereocenters. The lowest BCUT2D eigenvalue weighted by Gasteiger charge is -2.14. The van der Waals surface area contributed by atoms with Crippen molar-refractivity contribution in [3.63, 3.8) is 0 Å². The molecule has 1 rings (SSSR count). The Labute approximate surface area is 127 Å². The minimum absolute atomic E-state index is 0. The largest absolute Gasteiger partial charge is 0.355 e. The van der Waals surface area contributed by atoms with Crippen LogP contribution in [0.5, 0.6) is 0 Å². The molecule has 0 fully saturated rings. The van der Waals surface area contributed by atoms with Crippen LogP contribution in [0.2, 0.25) is 0 Å². The summed E-state index contributed by atoms with van der Waals surface area (Å²) < 4.78 is 1.99. The third-order valence-electron chi connectivity index (χ3n) is 2.51. The smallest absolute Gasteiger partial charge is 0.236 e. The van der Waals surface area contributed by atoms with Crippen LogP contribution in [-0.2, 0) is 11.3 Å². The van der Waals surface area contributed by atoms with E-state index in [2.05, 4.69) is 24.1 Å². The molecule has 0 unspecified atom stereocenters. The van der Waals surface area contributed by atoms with E-state index in [1.807, 2.05) is 10.8 Å². The molecule has 112 valence electrons. The van der Waals surface area contributed by atoms with Gasteiger partial charge in [-0.1, -0.05) is 13.8 Å². The highest BCUT2D eigenvalue weighted by Crippen LogP contribution is 2.02. The molecule has 0 spiro atoms. The third-order valence-corrected chi connectivity index (χ3v) is 2.51. The van der Waals surface area contributed by atoms with Crippen molar-refractivity contribution < 1.29 is 4.79 Å². The molecule has 0 aliphatic carbocycles. The molecule has 3 N–H and O–H groups in total. The molecule has 1 heterocycles. The van der Waals surface area contributed by atoms with Crippen LogP contribution in [0.1, 0.15) is 26.7 Å². The average molecular weight is 311 g/mol. The number of nitrogens with two attached hydrogens (primary N) is 1. The topological polar surface area (TPSA) is 72.9 Å². The number of amides is 1. The number of carbonyl (C=O) groups is 1. The van der Waals surface area contributed by atoms with Gasteiger partial charge in [-0.05, 0) is 18.8 Å². The molecule has 1 aromatic heterocycles. The van der Waals surface area contributed by atoms with Gasteiger partial charge in [-0.15, -0.1) is 24.8 Å². The number of imidazole rings is 1. The maximum atomic E-state index is 11.6. The number of hydrogen-bond acceptors (Lipinski definition) is 3. The number of halogens is 2. The number of aromatic nitrogens is 2. The van der Waals surface area contributed by atoms with Gasteiger partial charge < -0.3 is 15.6 Å². The van der Waals surface area contributed by atoms with Gasteiger partial charge in [0.25, 0.3) is 0 Å². The number of rotatable bonds is 7. The highest BCUT2D eigenvalue weighted by molar-refractivity contribution is 5.85. The van der Waals surface area contributed by atoms with Gasteiger partial charge in [0.2, 0.25) is 5.91 Å². The van der Waals surface area contributed by atoms with E-state index >= 15 is 0 Å². The van der Waals surface area contributed by atoms with E-state index < -0.39 is 0 Å². The summed E-state index contributed by atoms with van der Waals surface area (Å²) in [5.74, 6) is 0.394. The minimum Gasteiger partial charge on any atom is -0.355 e. The number of carbonyl (C=O) groups excluding carboxylic acids is 1. The van der Waals surface area contributed by atoms with Crippen molar-refractivity contribution in [2.24, 2.45) is 11.7 Å². The van der Waals surface area contributed by atoms with E-state index in [0.29, 0.717) is 12.5 Å². The summed E-state index contributed by atoms with van der Waals surface area (Å²) in [5.41, 5.74) is 5.77. The minimum atomic E-state index is -0.386. The molecule has 1 amide bonds. The number of nitrogens with one attached hydrogen (secondary N) is 1. The van der Waals surface area contributed by atoms with Crippen molar-refractivity contribution in [3.8, 4) is 0 Å². The van der Waals surface area contributed by atoms with Gasteiger partial charge in [0.05, 0.1) is 12.4 Å². The first-order chi connectivity index (χ1) is 8.09. The second kappa shape index (κ2) is 11.1. The van der Waals surface area contributed by atoms with Crippen molar-refractivity contribution in [2.75, 3.05) is 6.54 Å². The fourth-order valence-electron chi connectivity index (χ4n) is 1.64. The zero-order chi connectivity index (χ0) is 12.7. The zero-order valence-corrected chi connectivity index (χ0v) is 13.0. The van der Waals surface area contributed by atoms with E-state index in [1.54, 1.807) is 12.5 Å². The van der Waals surface area contributed by atoms with Gasteiger partial charge in [0, 0.05) is 25.5 Å². The van der Waals surface area contributed by atoms with Gasteiger partial charge in [-0.2, -0.15) is 0 Å². The Balaban J connectivity index is 0. The lowest BCUT2D eigenvalue weighted by Crippen LogP contribution is -2.41. The van der Waals surface area contributed by atoms with Crippen molar-refractivity contribution in [1.29, 1.82) is 0 Å². The number of nitrogens with zero attached hydrogens (tertiary/aromatic N) is 2. The highest BCUT2D eigenvalue weighted by atomic mass is 35.5. The second-order valence-corrected chi connectivity index (χ2v) is 4.68. The van der Waals surface area contributed by atoms with Crippen LogP contribution in [0, 0.1) is 5.92 Å². The van der Waals surface area contributed by atoms with Gasteiger partial charge in [-0.3, -0.25) is 4.79 Å². The molecule has 1 aromatic rings. The summed E-state index contributed by atoms with van der Waals surface area (Å²) >= 11 is 0. The van der Waals surface area contributed by atoms with E-state index in [1.165, 1.54) is 0 Å². The molecular formula is C12H24Cl2N4O. The Kier molecular flexibility index (Phi) is 12.0. The molecule has 0 aliphatic heterocycles. The number of aryl methyl sites for hydroxylation is 1. The van der Waals surface area contributed by atoms with E-state index in [-0.39, 0.29) is 36.8 Å². The monoisotopic (exact) mass is 310 g/mol. The summed E-state index contributed by atoms with van der Waals surface area (Å²) in [7, 11) is 0. The standard InChI is InChI=1S/C12H22N4O.2ClH/c1-10(2)8-11(13)12(17)15-4-3-6-16-7-5-14-9-16;;/h5,7,9-11H,3-4,6,8,13H2,1-2H3,(H,15,17);2*1H/t11-;;/m0../s1. The van der Waals surface area contributed by atoms with E-state index in [4.69, 9.17) is 5.73 Å². The van der Waals surface area contributed by atoms with Gasteiger partial charge in [0.1, 0.15) is 0 Å². The summed E-state index contributed by atoms with van der Waals surface area (Å²) in [6.07, 6.45) is 7.04. The van der Waals surface area contributed by atoms with Crippen LogP contribution in [-0.4, -0.2) is 28.0 Å². The lowest BCUT2D eigenvalue weighted by molar-refractivity contribution is -0.122. The molecule has 0 aliphatic rings. The van der Waals surface area contributed by atoms with E-state index in [0.717, 1.165) is 19.4 Å². The maximum absolute atomic E-state index is 11.6. The molecule has 7 heteroatoms. The highest BCUT2D eigenvalue weighted by Gasteiger charge is 2.13. The van der Waals surface area contributed by atoms with Crippen molar-refractivity contribution >= 4 is 30.7 Å². The maximum Gasteiger partial charge on any atom is 0.236 e. The van der Waals surface area contributed by atoms with Crippen molar-refractivity contribution in [1.82, 2.24) is 14.9 Å². The Morgan fingerprint density at radius 3 is 2.63 bits per heavy atom. The number of hydrogen-bond donors (Lipinski definition) is 2. The molecular weight excluding hydrogens is 287 g/mol. The molecule has 19 heavy (non-hydrogen) atoms. The summed E-state index contributed by atoms with van der Waals surface area (Å²) in [6, 6.07) is -0.386. The van der Waals surface area contributed by atoms with Crippen molar-refractivity contribution in [3.05, 3.63) is 18.7 Å². The molecule has 5 nitrogen and oxygen atoms in total. The summed E-state index contributed by atoms with van der Waals surface area (Å²) in [4.78, 5) is 15.5. The first kappa shape index (κ1) is 20.5. The Morgan fingerprint density at radius 2 is 2.11 bits per heavy atom. The van der Waals surface area contributed by atoms with Crippen LogP contribution in [0.4, 0.5) is 0 Å². The molecule has 0 bridgehead atoms. The normalized spacial score (nSPS) is 11.4. The SMILES string of the molecule is CC(C)C[C@H](N)C(=O)NCCCn1ccnc1.Cl.Cl. The van der Waals surface area contributed by atoms with Crippen LogP contribution < -0.4 is 11.1 Å². The lowest BCUT2D eigenvalue weighted by atomic mass is 10.0. The first-order valence-corrected chi connectivity index (χ1v) is 6.08. The molecule has 0 aromatic carbocycles. The summed E-state index contributed by atoms with van der Waals surface area (Å²) in [5, 5.41) is 2.85. The predicted octanol–water partition coefficient (Wildman–Crippen LogP) is 1.61. The fraction of sp³-hybridized carbons (Fsp3) is 0.667. The second-order valence-electron chi connectivity index (χ2n) is 4.68. The van der Waals surface area contributed by atoms with Crippen molar-refractivity contribution in [2.45, 2.75) is 39.3 Å². The summed E-state index contributed by atoms with van der Waals surface area (Å²) in [6.45, 7) is 5.64. The zero-order valence-electron chi connectivity index (χ0n) is 11.4.